The van der Waals surface area contributed by atoms with E-state index in [1.807, 2.05) is 6.07 Å². The lowest BCUT2D eigenvalue weighted by atomic mass is 10.0. The van der Waals surface area contributed by atoms with Crippen molar-refractivity contribution in [2.45, 2.75) is 25.1 Å². The molecule has 0 unspecified atom stereocenters. The van der Waals surface area contributed by atoms with Crippen molar-refractivity contribution in [1.82, 2.24) is 5.16 Å². The van der Waals surface area contributed by atoms with Crippen molar-refractivity contribution in [3.8, 4) is 11.3 Å². The predicted molar refractivity (Wildman–Crippen MR) is 68.7 cm³/mol. The second kappa shape index (κ2) is 4.83. The molecule has 0 bridgehead atoms. The molecule has 0 aliphatic heterocycles. The third-order valence-corrected chi connectivity index (χ3v) is 3.12. The Kier molecular flexibility index (Phi) is 3.44. The summed E-state index contributed by atoms with van der Waals surface area (Å²) in [7, 11) is 0. The van der Waals surface area contributed by atoms with Gasteiger partial charge in [0.25, 0.3) is 0 Å². The molecule has 2 rings (SSSR count). The molecule has 0 spiro atoms. The summed E-state index contributed by atoms with van der Waals surface area (Å²) in [4.78, 5) is 0. The van der Waals surface area contributed by atoms with Gasteiger partial charge in [0.1, 0.15) is 11.5 Å². The Bertz CT molecular complexity index is 459. The van der Waals surface area contributed by atoms with Crippen molar-refractivity contribution < 1.29 is 4.52 Å². The fraction of sp³-hybridized carbons (Fsp3) is 0.308. The van der Waals surface area contributed by atoms with Crippen LogP contribution in [0.5, 0.6) is 0 Å². The van der Waals surface area contributed by atoms with Gasteiger partial charge in [-0.15, -0.1) is 0 Å². The van der Waals surface area contributed by atoms with Crippen LogP contribution >= 0.6 is 15.9 Å². The van der Waals surface area contributed by atoms with E-state index in [1.165, 1.54) is 5.56 Å². The molecule has 1 aromatic heterocycles. The first-order valence-corrected chi connectivity index (χ1v) is 6.44. The van der Waals surface area contributed by atoms with Crippen LogP contribution in [0.15, 0.2) is 34.9 Å². The summed E-state index contributed by atoms with van der Waals surface area (Å²) in [5, 5.41) is 4.73. The van der Waals surface area contributed by atoms with Crippen LogP contribution in [0.4, 0.5) is 0 Å². The predicted octanol–water partition coefficient (Wildman–Crippen LogP) is 4.36. The zero-order chi connectivity index (χ0) is 11.5. The Morgan fingerprint density at radius 3 is 2.44 bits per heavy atom. The summed E-state index contributed by atoms with van der Waals surface area (Å²) in [6.45, 7) is 4.38. The van der Waals surface area contributed by atoms with Crippen molar-refractivity contribution in [1.29, 1.82) is 0 Å². The number of halogens is 1. The minimum absolute atomic E-state index is 0.560. The monoisotopic (exact) mass is 279 g/mol. The summed E-state index contributed by atoms with van der Waals surface area (Å²) >= 11 is 3.34. The van der Waals surface area contributed by atoms with Crippen LogP contribution in [0.2, 0.25) is 0 Å². The first-order chi connectivity index (χ1) is 7.70. The average molecular weight is 280 g/mol. The Hall–Kier alpha value is -1.09. The van der Waals surface area contributed by atoms with Gasteiger partial charge in [-0.3, -0.25) is 0 Å². The molecule has 2 nitrogen and oxygen atoms in total. The first kappa shape index (κ1) is 11.4. The molecule has 3 heteroatoms. The van der Waals surface area contributed by atoms with E-state index in [-0.39, 0.29) is 0 Å². The summed E-state index contributed by atoms with van der Waals surface area (Å²) < 4.78 is 5.15. The SMILES string of the molecule is CC(C)c1ccc(-c2cc(CBr)on2)cc1. The lowest BCUT2D eigenvalue weighted by molar-refractivity contribution is 0.398. The van der Waals surface area contributed by atoms with Crippen LogP contribution in [-0.2, 0) is 5.33 Å². The summed E-state index contributed by atoms with van der Waals surface area (Å²) in [5.41, 5.74) is 3.33. The van der Waals surface area contributed by atoms with Crippen LogP contribution in [0, 0.1) is 0 Å². The van der Waals surface area contributed by atoms with E-state index in [0.717, 1.165) is 17.0 Å². The van der Waals surface area contributed by atoms with Crippen molar-refractivity contribution in [2.24, 2.45) is 0 Å². The first-order valence-electron chi connectivity index (χ1n) is 5.32. The molecule has 0 amide bonds. The fourth-order valence-electron chi connectivity index (χ4n) is 1.55. The number of alkyl halides is 1. The smallest absolute Gasteiger partial charge is 0.147 e. The van der Waals surface area contributed by atoms with E-state index in [2.05, 4.69) is 59.2 Å². The number of rotatable bonds is 3. The highest BCUT2D eigenvalue weighted by Crippen LogP contribution is 2.23. The van der Waals surface area contributed by atoms with Crippen molar-refractivity contribution in [3.05, 3.63) is 41.7 Å². The van der Waals surface area contributed by atoms with E-state index in [4.69, 9.17) is 4.52 Å². The highest BCUT2D eigenvalue weighted by molar-refractivity contribution is 9.08. The molecule has 1 aromatic carbocycles. The van der Waals surface area contributed by atoms with Crippen LogP contribution in [0.3, 0.4) is 0 Å². The molecule has 0 atom stereocenters. The highest BCUT2D eigenvalue weighted by atomic mass is 79.9. The van der Waals surface area contributed by atoms with Crippen molar-refractivity contribution >= 4 is 15.9 Å². The van der Waals surface area contributed by atoms with Gasteiger partial charge in [-0.2, -0.15) is 0 Å². The maximum absolute atomic E-state index is 5.15. The Morgan fingerprint density at radius 1 is 1.25 bits per heavy atom. The van der Waals surface area contributed by atoms with Gasteiger partial charge in [-0.05, 0) is 11.5 Å². The molecule has 2 aromatic rings. The van der Waals surface area contributed by atoms with E-state index < -0.39 is 0 Å². The minimum atomic E-state index is 0.560. The molecule has 1 heterocycles. The van der Waals surface area contributed by atoms with Crippen LogP contribution in [0.25, 0.3) is 11.3 Å². The second-order valence-electron chi connectivity index (χ2n) is 4.09. The quantitative estimate of drug-likeness (QED) is 0.781. The van der Waals surface area contributed by atoms with Gasteiger partial charge in [0, 0.05) is 11.6 Å². The number of hydrogen-bond donors (Lipinski definition) is 0. The lowest BCUT2D eigenvalue weighted by Gasteiger charge is -2.04. The molecule has 0 aliphatic rings. The number of aromatic nitrogens is 1. The molecular formula is C13H14BrNO. The summed E-state index contributed by atoms with van der Waals surface area (Å²) in [6, 6.07) is 10.4. The standard InChI is InChI=1S/C13H14BrNO/c1-9(2)10-3-5-11(6-4-10)13-7-12(8-14)16-15-13/h3-7,9H,8H2,1-2H3. The van der Waals surface area contributed by atoms with Crippen LogP contribution in [0.1, 0.15) is 31.1 Å². The largest absolute Gasteiger partial charge is 0.360 e. The zero-order valence-electron chi connectivity index (χ0n) is 9.40. The van der Waals surface area contributed by atoms with Crippen molar-refractivity contribution in [2.75, 3.05) is 0 Å². The van der Waals surface area contributed by atoms with E-state index >= 15 is 0 Å². The lowest BCUT2D eigenvalue weighted by Crippen LogP contribution is -1.86. The van der Waals surface area contributed by atoms with E-state index in [1.54, 1.807) is 0 Å². The maximum atomic E-state index is 5.15. The summed E-state index contributed by atoms with van der Waals surface area (Å²) in [5.74, 6) is 1.41. The highest BCUT2D eigenvalue weighted by Gasteiger charge is 2.06. The third-order valence-electron chi connectivity index (χ3n) is 2.56. The van der Waals surface area contributed by atoms with Gasteiger partial charge in [-0.1, -0.05) is 59.2 Å². The van der Waals surface area contributed by atoms with Gasteiger partial charge in [0.15, 0.2) is 0 Å². The molecule has 0 fully saturated rings. The third kappa shape index (κ3) is 2.35. The average Bonchev–Trinajstić information content (AvgIpc) is 2.77. The van der Waals surface area contributed by atoms with E-state index in [9.17, 15) is 0 Å². The fourth-order valence-corrected chi connectivity index (χ4v) is 1.82. The van der Waals surface area contributed by atoms with Gasteiger partial charge in [-0.25, -0.2) is 0 Å². The number of hydrogen-bond acceptors (Lipinski definition) is 2. The normalized spacial score (nSPS) is 11.0. The minimum Gasteiger partial charge on any atom is -0.360 e. The topological polar surface area (TPSA) is 26.0 Å². The van der Waals surface area contributed by atoms with Gasteiger partial charge < -0.3 is 4.52 Å². The molecule has 0 saturated heterocycles. The number of nitrogens with zero attached hydrogens (tertiary/aromatic N) is 1. The Labute approximate surface area is 104 Å². The van der Waals surface area contributed by atoms with Gasteiger partial charge in [0.05, 0.1) is 5.33 Å². The Morgan fingerprint density at radius 2 is 1.94 bits per heavy atom. The molecule has 84 valence electrons. The van der Waals surface area contributed by atoms with E-state index in [0.29, 0.717) is 11.2 Å². The van der Waals surface area contributed by atoms with Crippen molar-refractivity contribution in [3.63, 3.8) is 0 Å². The van der Waals surface area contributed by atoms with Gasteiger partial charge >= 0.3 is 0 Å². The number of benzene rings is 1. The maximum Gasteiger partial charge on any atom is 0.147 e. The molecule has 0 radical (unpaired) electrons. The molecular weight excluding hydrogens is 266 g/mol. The molecule has 0 N–H and O–H groups in total. The van der Waals surface area contributed by atoms with Crippen LogP contribution in [-0.4, -0.2) is 5.16 Å². The molecule has 0 aliphatic carbocycles. The second-order valence-corrected chi connectivity index (χ2v) is 4.65. The zero-order valence-corrected chi connectivity index (χ0v) is 11.0. The van der Waals surface area contributed by atoms with Crippen LogP contribution < -0.4 is 0 Å². The molecule has 0 saturated carbocycles. The summed E-state index contributed by atoms with van der Waals surface area (Å²) in [6.07, 6.45) is 0. The van der Waals surface area contributed by atoms with Gasteiger partial charge in [0.2, 0.25) is 0 Å². The Balaban J connectivity index is 2.27. The molecule has 16 heavy (non-hydrogen) atoms.